The molecule has 0 saturated carbocycles. The van der Waals surface area contributed by atoms with Gasteiger partial charge in [0.2, 0.25) is 0 Å². The summed E-state index contributed by atoms with van der Waals surface area (Å²) in [4.78, 5) is 4.44. The molecule has 0 bridgehead atoms. The molecule has 0 spiro atoms. The predicted molar refractivity (Wildman–Crippen MR) is 108 cm³/mol. The van der Waals surface area contributed by atoms with Gasteiger partial charge in [-0.15, -0.1) is 11.3 Å². The van der Waals surface area contributed by atoms with Crippen LogP contribution in [-0.4, -0.2) is 14.3 Å². The van der Waals surface area contributed by atoms with Crippen molar-refractivity contribution in [3.05, 3.63) is 87.2 Å². The molecular formula is C18H14Cl2N2O2S2. The second kappa shape index (κ2) is 8.22. The van der Waals surface area contributed by atoms with Crippen molar-refractivity contribution in [3.63, 3.8) is 0 Å². The maximum absolute atomic E-state index is 12.6. The van der Waals surface area contributed by atoms with Crippen molar-refractivity contribution in [1.82, 2.24) is 4.72 Å². The lowest BCUT2D eigenvalue weighted by Gasteiger charge is -2.12. The van der Waals surface area contributed by atoms with Gasteiger partial charge in [0.25, 0.3) is 10.0 Å². The van der Waals surface area contributed by atoms with Gasteiger partial charge in [-0.1, -0.05) is 59.6 Å². The molecule has 0 fully saturated rings. The quantitative estimate of drug-likeness (QED) is 0.463. The lowest BCUT2D eigenvalue weighted by Crippen LogP contribution is -2.31. The average Bonchev–Trinajstić information content (AvgIpc) is 3.16. The fourth-order valence-electron chi connectivity index (χ4n) is 2.21. The van der Waals surface area contributed by atoms with E-state index in [4.69, 9.17) is 23.2 Å². The lowest BCUT2D eigenvalue weighted by atomic mass is 10.2. The average molecular weight is 425 g/mol. The van der Waals surface area contributed by atoms with Crippen molar-refractivity contribution in [2.24, 2.45) is 4.99 Å². The molecule has 1 aromatic heterocycles. The zero-order valence-electron chi connectivity index (χ0n) is 13.4. The topological polar surface area (TPSA) is 58.5 Å². The predicted octanol–water partition coefficient (Wildman–Crippen LogP) is 4.98. The Hall–Kier alpha value is -1.86. The van der Waals surface area contributed by atoms with Gasteiger partial charge in [0, 0.05) is 10.6 Å². The zero-order valence-corrected chi connectivity index (χ0v) is 16.5. The summed E-state index contributed by atoms with van der Waals surface area (Å²) in [5.74, 6) is 0.170. The maximum Gasteiger partial charge on any atom is 0.272 e. The Bertz CT molecular complexity index is 1030. The SMILES string of the molecule is O=S(=O)(NC(=NCc1ccccc1Cl)c1ccccc1Cl)c1cccs1. The van der Waals surface area contributed by atoms with Crippen LogP contribution >= 0.6 is 34.5 Å². The summed E-state index contributed by atoms with van der Waals surface area (Å²) in [7, 11) is -3.75. The van der Waals surface area contributed by atoms with Crippen LogP contribution in [0.15, 0.2) is 75.2 Å². The number of hydrogen-bond donors (Lipinski definition) is 1. The van der Waals surface area contributed by atoms with Crippen LogP contribution in [0.5, 0.6) is 0 Å². The molecule has 0 aliphatic heterocycles. The Balaban J connectivity index is 1.99. The fourth-order valence-corrected chi connectivity index (χ4v) is 4.67. The number of nitrogens with one attached hydrogen (secondary N) is 1. The first kappa shape index (κ1) is 18.9. The van der Waals surface area contributed by atoms with E-state index in [1.165, 1.54) is 6.07 Å². The third kappa shape index (κ3) is 4.45. The summed E-state index contributed by atoms with van der Waals surface area (Å²) < 4.78 is 28.0. The van der Waals surface area contributed by atoms with Gasteiger partial charge < -0.3 is 0 Å². The van der Waals surface area contributed by atoms with Crippen LogP contribution in [0.4, 0.5) is 0 Å². The largest absolute Gasteiger partial charge is 0.272 e. The summed E-state index contributed by atoms with van der Waals surface area (Å²) in [6, 6.07) is 17.4. The van der Waals surface area contributed by atoms with E-state index in [1.807, 2.05) is 18.2 Å². The third-order valence-corrected chi connectivity index (χ3v) is 6.92. The van der Waals surface area contributed by atoms with E-state index in [-0.39, 0.29) is 16.6 Å². The highest BCUT2D eigenvalue weighted by atomic mass is 35.5. The number of thiophene rings is 1. The lowest BCUT2D eigenvalue weighted by molar-refractivity contribution is 0.594. The Morgan fingerprint density at radius 2 is 1.65 bits per heavy atom. The van der Waals surface area contributed by atoms with Gasteiger partial charge in [-0.2, -0.15) is 0 Å². The minimum Gasteiger partial charge on any atom is -0.262 e. The minimum absolute atomic E-state index is 0.170. The first-order chi connectivity index (χ1) is 12.5. The van der Waals surface area contributed by atoms with Crippen LogP contribution in [0.3, 0.4) is 0 Å². The highest BCUT2D eigenvalue weighted by Gasteiger charge is 2.19. The summed E-state index contributed by atoms with van der Waals surface area (Å²) in [5.41, 5.74) is 1.29. The van der Waals surface area contributed by atoms with Crippen LogP contribution in [0.25, 0.3) is 0 Å². The Labute approximate surface area is 166 Å². The summed E-state index contributed by atoms with van der Waals surface area (Å²) in [5, 5.41) is 2.67. The number of sulfonamides is 1. The van der Waals surface area contributed by atoms with E-state index in [2.05, 4.69) is 9.71 Å². The normalized spacial score (nSPS) is 12.2. The standard InChI is InChI=1S/C18H14Cl2N2O2S2/c19-15-8-3-1-6-13(15)12-21-18(14-7-2-4-9-16(14)20)22-26(23,24)17-10-5-11-25-17/h1-11H,12H2,(H,21,22). The minimum atomic E-state index is -3.75. The van der Waals surface area contributed by atoms with Gasteiger partial charge in [0.1, 0.15) is 10.0 Å². The summed E-state index contributed by atoms with van der Waals surface area (Å²) >= 11 is 13.5. The van der Waals surface area contributed by atoms with Crippen LogP contribution in [0.1, 0.15) is 11.1 Å². The molecule has 0 aliphatic carbocycles. The number of benzene rings is 2. The summed E-state index contributed by atoms with van der Waals surface area (Å²) in [6.07, 6.45) is 0. The molecule has 0 amide bonds. The molecule has 3 aromatic rings. The number of halogens is 2. The number of aliphatic imine (C=N–C) groups is 1. The van der Waals surface area contributed by atoms with Crippen molar-refractivity contribution in [2.75, 3.05) is 0 Å². The molecule has 4 nitrogen and oxygen atoms in total. The molecule has 1 heterocycles. The van der Waals surface area contributed by atoms with E-state index in [0.717, 1.165) is 16.9 Å². The highest BCUT2D eigenvalue weighted by Crippen LogP contribution is 2.21. The third-order valence-electron chi connectivity index (χ3n) is 3.49. The molecule has 1 N–H and O–H groups in total. The molecule has 8 heteroatoms. The van der Waals surface area contributed by atoms with Crippen LogP contribution in [0.2, 0.25) is 10.0 Å². The van der Waals surface area contributed by atoms with Crippen LogP contribution in [-0.2, 0) is 16.6 Å². The molecule has 2 aromatic carbocycles. The van der Waals surface area contributed by atoms with Crippen molar-refractivity contribution >= 4 is 50.4 Å². The second-order valence-corrected chi connectivity index (χ2v) is 8.95. The van der Waals surface area contributed by atoms with Gasteiger partial charge in [-0.3, -0.25) is 9.71 Å². The van der Waals surface area contributed by atoms with E-state index in [0.29, 0.717) is 15.6 Å². The molecule has 0 atom stereocenters. The molecule has 0 aliphatic rings. The Morgan fingerprint density at radius 1 is 0.962 bits per heavy atom. The smallest absolute Gasteiger partial charge is 0.262 e. The maximum atomic E-state index is 12.6. The zero-order chi connectivity index (χ0) is 18.6. The number of rotatable bonds is 5. The molecule has 3 rings (SSSR count). The number of amidine groups is 1. The van der Waals surface area contributed by atoms with Crippen molar-refractivity contribution < 1.29 is 8.42 Å². The van der Waals surface area contributed by atoms with E-state index < -0.39 is 10.0 Å². The van der Waals surface area contributed by atoms with E-state index in [9.17, 15) is 8.42 Å². The van der Waals surface area contributed by atoms with Crippen LogP contribution in [0, 0.1) is 0 Å². The van der Waals surface area contributed by atoms with Crippen LogP contribution < -0.4 is 4.72 Å². The van der Waals surface area contributed by atoms with E-state index >= 15 is 0 Å². The highest BCUT2D eigenvalue weighted by molar-refractivity contribution is 7.92. The first-order valence-corrected chi connectivity index (χ1v) is 10.7. The summed E-state index contributed by atoms with van der Waals surface area (Å²) in [6.45, 7) is 0.215. The second-order valence-electron chi connectivity index (χ2n) is 5.27. The monoisotopic (exact) mass is 424 g/mol. The number of nitrogens with zero attached hydrogens (tertiary/aromatic N) is 1. The van der Waals surface area contributed by atoms with Gasteiger partial charge in [-0.25, -0.2) is 8.42 Å². The van der Waals surface area contributed by atoms with Gasteiger partial charge >= 0.3 is 0 Å². The van der Waals surface area contributed by atoms with Gasteiger partial charge in [-0.05, 0) is 35.2 Å². The van der Waals surface area contributed by atoms with E-state index in [1.54, 1.807) is 41.8 Å². The molecule has 0 saturated heterocycles. The fraction of sp³-hybridized carbons (Fsp3) is 0.0556. The Kier molecular flexibility index (Phi) is 5.98. The van der Waals surface area contributed by atoms with Crippen molar-refractivity contribution in [1.29, 1.82) is 0 Å². The molecule has 134 valence electrons. The molecule has 0 unspecified atom stereocenters. The number of hydrogen-bond acceptors (Lipinski definition) is 4. The molecule has 26 heavy (non-hydrogen) atoms. The first-order valence-electron chi connectivity index (χ1n) is 7.56. The van der Waals surface area contributed by atoms with Crippen molar-refractivity contribution in [2.45, 2.75) is 10.8 Å². The van der Waals surface area contributed by atoms with Gasteiger partial charge in [0.15, 0.2) is 0 Å². The van der Waals surface area contributed by atoms with Gasteiger partial charge in [0.05, 0.1) is 11.6 Å². The molecular weight excluding hydrogens is 411 g/mol. The molecule has 0 radical (unpaired) electrons. The van der Waals surface area contributed by atoms with Crippen molar-refractivity contribution in [3.8, 4) is 0 Å². The Morgan fingerprint density at radius 3 is 2.31 bits per heavy atom.